The number of nitro groups is 1. The van der Waals surface area contributed by atoms with E-state index in [0.717, 1.165) is 18.7 Å². The molecule has 1 rings (SSSR count). The molecule has 100 valence electrons. The zero-order valence-corrected chi connectivity index (χ0v) is 10.9. The first kappa shape index (κ1) is 14.4. The van der Waals surface area contributed by atoms with E-state index in [1.54, 1.807) is 12.1 Å². The number of benzene rings is 1. The number of non-ortho nitro benzene ring substituents is 1. The van der Waals surface area contributed by atoms with Crippen molar-refractivity contribution in [3.8, 4) is 0 Å². The van der Waals surface area contributed by atoms with Gasteiger partial charge in [0.1, 0.15) is 0 Å². The molecular formula is C13H20N2O3. The molecule has 0 aromatic heterocycles. The molecular weight excluding hydrogens is 232 g/mol. The number of nitrogens with zero attached hydrogens (tertiary/aromatic N) is 1. The van der Waals surface area contributed by atoms with Crippen LogP contribution in [0.2, 0.25) is 0 Å². The van der Waals surface area contributed by atoms with Crippen molar-refractivity contribution in [3.63, 3.8) is 0 Å². The van der Waals surface area contributed by atoms with E-state index in [1.165, 1.54) is 12.1 Å². The van der Waals surface area contributed by atoms with Crippen LogP contribution in [-0.2, 0) is 4.74 Å². The van der Waals surface area contributed by atoms with Crippen LogP contribution in [0.3, 0.4) is 0 Å². The Morgan fingerprint density at radius 3 is 2.50 bits per heavy atom. The molecule has 1 aromatic rings. The minimum Gasteiger partial charge on any atom is -0.383 e. The van der Waals surface area contributed by atoms with Crippen LogP contribution >= 0.6 is 0 Å². The minimum absolute atomic E-state index is 0.105. The van der Waals surface area contributed by atoms with Gasteiger partial charge >= 0.3 is 0 Å². The second-order valence-electron chi connectivity index (χ2n) is 4.53. The number of hydrogen-bond acceptors (Lipinski definition) is 4. The molecule has 0 radical (unpaired) electrons. The standard InChI is InChI=1S/C13H20N2O3/c1-11(2)7-9-18-10-8-14-12-3-5-13(6-4-12)15(16)17/h3-6,11,14H,7-10H2,1-2H3. The summed E-state index contributed by atoms with van der Waals surface area (Å²) in [6.45, 7) is 6.45. The number of nitrogens with one attached hydrogen (secondary N) is 1. The fourth-order valence-corrected chi connectivity index (χ4v) is 1.39. The van der Waals surface area contributed by atoms with Gasteiger partial charge in [0, 0.05) is 31.0 Å². The summed E-state index contributed by atoms with van der Waals surface area (Å²) in [5.41, 5.74) is 0.974. The molecule has 0 aliphatic carbocycles. The molecule has 1 N–H and O–H groups in total. The summed E-state index contributed by atoms with van der Waals surface area (Å²) in [5, 5.41) is 13.6. The highest BCUT2D eigenvalue weighted by Gasteiger charge is 2.03. The van der Waals surface area contributed by atoms with E-state index in [2.05, 4.69) is 19.2 Å². The summed E-state index contributed by atoms with van der Waals surface area (Å²) in [5.74, 6) is 0.660. The molecule has 0 unspecified atom stereocenters. The number of anilines is 1. The second kappa shape index (κ2) is 7.66. The van der Waals surface area contributed by atoms with Gasteiger partial charge in [-0.3, -0.25) is 10.1 Å². The molecule has 18 heavy (non-hydrogen) atoms. The van der Waals surface area contributed by atoms with Gasteiger partial charge in [-0.15, -0.1) is 0 Å². The molecule has 0 bridgehead atoms. The fourth-order valence-electron chi connectivity index (χ4n) is 1.39. The van der Waals surface area contributed by atoms with Gasteiger partial charge in [0.25, 0.3) is 5.69 Å². The molecule has 0 saturated heterocycles. The average Bonchev–Trinajstić information content (AvgIpc) is 2.34. The summed E-state index contributed by atoms with van der Waals surface area (Å²) in [4.78, 5) is 10.1. The van der Waals surface area contributed by atoms with Gasteiger partial charge in [0.2, 0.25) is 0 Å². The second-order valence-corrected chi connectivity index (χ2v) is 4.53. The van der Waals surface area contributed by atoms with Crippen LogP contribution in [0.1, 0.15) is 20.3 Å². The van der Waals surface area contributed by atoms with Crippen LogP contribution in [0, 0.1) is 16.0 Å². The van der Waals surface area contributed by atoms with E-state index in [1.807, 2.05) is 0 Å². The minimum atomic E-state index is -0.404. The normalized spacial score (nSPS) is 10.6. The van der Waals surface area contributed by atoms with Crippen molar-refractivity contribution in [2.45, 2.75) is 20.3 Å². The molecule has 5 heteroatoms. The van der Waals surface area contributed by atoms with E-state index in [9.17, 15) is 10.1 Å². The Bertz CT molecular complexity index is 363. The Morgan fingerprint density at radius 1 is 1.28 bits per heavy atom. The van der Waals surface area contributed by atoms with E-state index in [-0.39, 0.29) is 5.69 Å². The van der Waals surface area contributed by atoms with Crippen LogP contribution in [0.25, 0.3) is 0 Å². The smallest absolute Gasteiger partial charge is 0.269 e. The highest BCUT2D eigenvalue weighted by atomic mass is 16.6. The molecule has 0 spiro atoms. The third kappa shape index (κ3) is 5.63. The monoisotopic (exact) mass is 252 g/mol. The Morgan fingerprint density at radius 2 is 1.94 bits per heavy atom. The SMILES string of the molecule is CC(C)CCOCCNc1ccc([N+](=O)[O-])cc1. The molecule has 1 aromatic carbocycles. The van der Waals surface area contributed by atoms with Crippen molar-refractivity contribution in [1.29, 1.82) is 0 Å². The number of nitro benzene ring substituents is 1. The van der Waals surface area contributed by atoms with E-state index in [4.69, 9.17) is 4.74 Å². The number of ether oxygens (including phenoxy) is 1. The summed E-state index contributed by atoms with van der Waals surface area (Å²) in [6.07, 6.45) is 1.07. The van der Waals surface area contributed by atoms with Gasteiger partial charge in [0.05, 0.1) is 11.5 Å². The summed E-state index contributed by atoms with van der Waals surface area (Å²) in [6, 6.07) is 6.38. The first-order valence-corrected chi connectivity index (χ1v) is 6.15. The maximum Gasteiger partial charge on any atom is 0.269 e. The maximum absolute atomic E-state index is 10.5. The lowest BCUT2D eigenvalue weighted by atomic mass is 10.1. The van der Waals surface area contributed by atoms with Gasteiger partial charge in [0.15, 0.2) is 0 Å². The lowest BCUT2D eigenvalue weighted by Gasteiger charge is -2.08. The van der Waals surface area contributed by atoms with E-state index in [0.29, 0.717) is 19.1 Å². The summed E-state index contributed by atoms with van der Waals surface area (Å²) in [7, 11) is 0. The molecule has 0 aliphatic rings. The van der Waals surface area contributed by atoms with Gasteiger partial charge in [-0.05, 0) is 24.5 Å². The van der Waals surface area contributed by atoms with Crippen molar-refractivity contribution in [2.24, 2.45) is 5.92 Å². The van der Waals surface area contributed by atoms with Crippen molar-refractivity contribution < 1.29 is 9.66 Å². The first-order valence-electron chi connectivity index (χ1n) is 6.15. The number of rotatable bonds is 8. The third-order valence-electron chi connectivity index (χ3n) is 2.49. The predicted molar refractivity (Wildman–Crippen MR) is 71.9 cm³/mol. The Hall–Kier alpha value is -1.62. The van der Waals surface area contributed by atoms with Crippen molar-refractivity contribution in [1.82, 2.24) is 0 Å². The Kier molecular flexibility index (Phi) is 6.14. The van der Waals surface area contributed by atoms with Gasteiger partial charge in [-0.1, -0.05) is 13.8 Å². The van der Waals surface area contributed by atoms with Crippen LogP contribution < -0.4 is 5.32 Å². The highest BCUT2D eigenvalue weighted by Crippen LogP contribution is 2.14. The Balaban J connectivity index is 2.17. The Labute approximate surface area is 107 Å². The lowest BCUT2D eigenvalue weighted by Crippen LogP contribution is -2.10. The van der Waals surface area contributed by atoms with Gasteiger partial charge in [-0.25, -0.2) is 0 Å². The van der Waals surface area contributed by atoms with Gasteiger partial charge < -0.3 is 10.1 Å². The fraction of sp³-hybridized carbons (Fsp3) is 0.538. The highest BCUT2D eigenvalue weighted by molar-refractivity contribution is 5.48. The maximum atomic E-state index is 10.5. The molecule has 5 nitrogen and oxygen atoms in total. The van der Waals surface area contributed by atoms with Crippen molar-refractivity contribution >= 4 is 11.4 Å². The first-order chi connectivity index (χ1) is 8.59. The molecule has 0 fully saturated rings. The number of hydrogen-bond donors (Lipinski definition) is 1. The topological polar surface area (TPSA) is 64.4 Å². The zero-order valence-electron chi connectivity index (χ0n) is 10.9. The van der Waals surface area contributed by atoms with Crippen molar-refractivity contribution in [2.75, 3.05) is 25.1 Å². The molecule has 0 heterocycles. The van der Waals surface area contributed by atoms with E-state index >= 15 is 0 Å². The predicted octanol–water partition coefficient (Wildman–Crippen LogP) is 3.07. The third-order valence-corrected chi connectivity index (χ3v) is 2.49. The van der Waals surface area contributed by atoms with E-state index < -0.39 is 4.92 Å². The zero-order chi connectivity index (χ0) is 13.4. The van der Waals surface area contributed by atoms with Gasteiger partial charge in [-0.2, -0.15) is 0 Å². The van der Waals surface area contributed by atoms with Crippen LogP contribution in [0.5, 0.6) is 0 Å². The van der Waals surface area contributed by atoms with Crippen molar-refractivity contribution in [3.05, 3.63) is 34.4 Å². The summed E-state index contributed by atoms with van der Waals surface area (Å²) < 4.78 is 5.46. The largest absolute Gasteiger partial charge is 0.383 e. The lowest BCUT2D eigenvalue weighted by molar-refractivity contribution is -0.384. The van der Waals surface area contributed by atoms with Crippen LogP contribution in [0.15, 0.2) is 24.3 Å². The quantitative estimate of drug-likeness (QED) is 0.438. The average molecular weight is 252 g/mol. The molecule has 0 aliphatic heterocycles. The molecule has 0 amide bonds. The summed E-state index contributed by atoms with van der Waals surface area (Å²) >= 11 is 0. The van der Waals surface area contributed by atoms with Crippen LogP contribution in [-0.4, -0.2) is 24.7 Å². The molecule has 0 saturated carbocycles. The molecule has 0 atom stereocenters. The van der Waals surface area contributed by atoms with Crippen LogP contribution in [0.4, 0.5) is 11.4 Å².